The molecule has 0 aliphatic carbocycles. The number of ether oxygens (including phenoxy) is 1. The maximum Gasteiger partial charge on any atom is 0.339 e. The average molecular weight is 531 g/mol. The molecular weight excluding hydrogens is 496 g/mol. The van der Waals surface area contributed by atoms with E-state index in [1.165, 1.54) is 24.8 Å². The number of aromatic amines is 1. The Kier molecular flexibility index (Phi) is 7.86. The van der Waals surface area contributed by atoms with Gasteiger partial charge in [0.05, 0.1) is 7.11 Å². The van der Waals surface area contributed by atoms with Crippen LogP contribution in [-0.2, 0) is 16.7 Å². The molecule has 0 unspecified atom stereocenters. The minimum atomic E-state index is -4.04. The quantitative estimate of drug-likeness (QED) is 0.251. The van der Waals surface area contributed by atoms with Crippen molar-refractivity contribution < 1.29 is 17.3 Å². The van der Waals surface area contributed by atoms with Crippen LogP contribution in [0, 0.1) is 6.92 Å². The normalized spacial score (nSPS) is 16.6. The van der Waals surface area contributed by atoms with Gasteiger partial charge < -0.3 is 13.9 Å². The van der Waals surface area contributed by atoms with Gasteiger partial charge >= 0.3 is 10.1 Å². The predicted octanol–water partition coefficient (Wildman–Crippen LogP) is 6.88. The van der Waals surface area contributed by atoms with E-state index in [1.807, 2.05) is 12.1 Å². The number of nitrogens with zero attached hydrogens (tertiary/aromatic N) is 1. The van der Waals surface area contributed by atoms with E-state index in [0.29, 0.717) is 22.9 Å². The van der Waals surface area contributed by atoms with Crippen LogP contribution in [0.4, 0.5) is 0 Å². The van der Waals surface area contributed by atoms with Crippen LogP contribution in [0.1, 0.15) is 48.5 Å². The molecule has 1 atom stereocenters. The maximum absolute atomic E-state index is 13.2. The van der Waals surface area contributed by atoms with Crippen molar-refractivity contribution in [2.45, 2.75) is 50.1 Å². The lowest BCUT2D eigenvalue weighted by Crippen LogP contribution is -2.28. The molecule has 198 valence electrons. The molecule has 1 N–H and O–H groups in total. The van der Waals surface area contributed by atoms with Gasteiger partial charge in [-0.3, -0.25) is 4.90 Å². The standard InChI is InChI=1S/C31H34N2O4S/c1-23-20-30(36-2)27(21-31(23)38(34,35)37-26-14-8-4-9-15-26)28-18-17-25(32-28)22-33-19-11-5-10-16-29(33)24-12-6-3-7-13-24/h3-4,6-9,12-15,17-18,20-21,29,32H,5,10-11,16,19,22H2,1-2H3/t29-/m1/s1. The first-order valence-corrected chi connectivity index (χ1v) is 14.5. The van der Waals surface area contributed by atoms with Crippen LogP contribution >= 0.6 is 0 Å². The van der Waals surface area contributed by atoms with Gasteiger partial charge in [0.25, 0.3) is 0 Å². The second-order valence-electron chi connectivity index (χ2n) is 9.81. The van der Waals surface area contributed by atoms with E-state index >= 15 is 0 Å². The summed E-state index contributed by atoms with van der Waals surface area (Å²) >= 11 is 0. The number of hydrogen-bond donors (Lipinski definition) is 1. The zero-order chi connectivity index (χ0) is 26.5. The van der Waals surface area contributed by atoms with Crippen LogP contribution < -0.4 is 8.92 Å². The molecular formula is C31H34N2O4S. The van der Waals surface area contributed by atoms with E-state index in [1.54, 1.807) is 50.4 Å². The molecule has 0 amide bonds. The van der Waals surface area contributed by atoms with Crippen LogP contribution in [-0.4, -0.2) is 32.0 Å². The first-order chi connectivity index (χ1) is 18.4. The van der Waals surface area contributed by atoms with E-state index in [4.69, 9.17) is 8.92 Å². The zero-order valence-electron chi connectivity index (χ0n) is 21.9. The zero-order valence-corrected chi connectivity index (χ0v) is 22.7. The number of hydrogen-bond acceptors (Lipinski definition) is 5. The van der Waals surface area contributed by atoms with Gasteiger partial charge in [0.1, 0.15) is 16.4 Å². The molecule has 1 aromatic heterocycles. The summed E-state index contributed by atoms with van der Waals surface area (Å²) in [5.74, 6) is 0.878. The molecule has 38 heavy (non-hydrogen) atoms. The second kappa shape index (κ2) is 11.5. The van der Waals surface area contributed by atoms with E-state index in [2.05, 4.69) is 46.3 Å². The van der Waals surface area contributed by atoms with Crippen molar-refractivity contribution in [2.24, 2.45) is 0 Å². The third kappa shape index (κ3) is 5.79. The van der Waals surface area contributed by atoms with Crippen molar-refractivity contribution in [3.05, 3.63) is 102 Å². The molecule has 4 aromatic rings. The van der Waals surface area contributed by atoms with Crippen molar-refractivity contribution in [3.63, 3.8) is 0 Å². The van der Waals surface area contributed by atoms with Crippen molar-refractivity contribution in [3.8, 4) is 22.8 Å². The highest BCUT2D eigenvalue weighted by atomic mass is 32.2. The van der Waals surface area contributed by atoms with E-state index < -0.39 is 10.1 Å². The van der Waals surface area contributed by atoms with Crippen LogP contribution in [0.3, 0.4) is 0 Å². The number of rotatable bonds is 8. The Bertz CT molecular complexity index is 1470. The number of likely N-dealkylation sites (tertiary alicyclic amines) is 1. The third-order valence-electron chi connectivity index (χ3n) is 7.17. The lowest BCUT2D eigenvalue weighted by molar-refractivity contribution is 0.190. The smallest absolute Gasteiger partial charge is 0.339 e. The number of H-pyrrole nitrogens is 1. The summed E-state index contributed by atoms with van der Waals surface area (Å²) < 4.78 is 37.5. The Morgan fingerprint density at radius 1 is 0.921 bits per heavy atom. The topological polar surface area (TPSA) is 71.6 Å². The average Bonchev–Trinajstić information content (AvgIpc) is 3.26. The first-order valence-electron chi connectivity index (χ1n) is 13.1. The Morgan fingerprint density at radius 2 is 1.66 bits per heavy atom. The summed E-state index contributed by atoms with van der Waals surface area (Å²) in [7, 11) is -2.44. The van der Waals surface area contributed by atoms with Gasteiger partial charge in [0.15, 0.2) is 0 Å². The lowest BCUT2D eigenvalue weighted by Gasteiger charge is -2.30. The summed E-state index contributed by atoms with van der Waals surface area (Å²) in [6.07, 6.45) is 4.81. The van der Waals surface area contributed by atoms with Gasteiger partial charge in [-0.1, -0.05) is 61.4 Å². The van der Waals surface area contributed by atoms with Crippen LogP contribution in [0.25, 0.3) is 11.3 Å². The summed E-state index contributed by atoms with van der Waals surface area (Å²) in [5, 5.41) is 0. The number of aromatic nitrogens is 1. The predicted molar refractivity (Wildman–Crippen MR) is 150 cm³/mol. The molecule has 2 heterocycles. The van der Waals surface area contributed by atoms with Crippen molar-refractivity contribution in [1.29, 1.82) is 0 Å². The summed E-state index contributed by atoms with van der Waals surface area (Å²) in [5.41, 5.74) is 4.47. The van der Waals surface area contributed by atoms with Gasteiger partial charge in [0.2, 0.25) is 0 Å². The highest BCUT2D eigenvalue weighted by Gasteiger charge is 2.25. The largest absolute Gasteiger partial charge is 0.496 e. The van der Waals surface area contributed by atoms with E-state index in [0.717, 1.165) is 30.9 Å². The van der Waals surface area contributed by atoms with Gasteiger partial charge in [-0.2, -0.15) is 8.42 Å². The van der Waals surface area contributed by atoms with Gasteiger partial charge in [-0.15, -0.1) is 0 Å². The fourth-order valence-electron chi connectivity index (χ4n) is 5.28. The molecule has 0 radical (unpaired) electrons. The summed E-state index contributed by atoms with van der Waals surface area (Å²) in [6.45, 7) is 3.58. The first kappa shape index (κ1) is 26.1. The van der Waals surface area contributed by atoms with Crippen molar-refractivity contribution in [2.75, 3.05) is 13.7 Å². The minimum absolute atomic E-state index is 0.116. The molecule has 0 spiro atoms. The highest BCUT2D eigenvalue weighted by molar-refractivity contribution is 7.87. The molecule has 6 nitrogen and oxygen atoms in total. The Morgan fingerprint density at radius 3 is 2.39 bits per heavy atom. The fraction of sp³-hybridized carbons (Fsp3) is 0.290. The fourth-order valence-corrected chi connectivity index (χ4v) is 6.45. The molecule has 0 saturated carbocycles. The van der Waals surface area contributed by atoms with Crippen LogP contribution in [0.15, 0.2) is 89.8 Å². The second-order valence-corrected chi connectivity index (χ2v) is 11.3. The maximum atomic E-state index is 13.2. The van der Waals surface area contributed by atoms with Crippen molar-refractivity contribution >= 4 is 10.1 Å². The number of para-hydroxylation sites is 1. The van der Waals surface area contributed by atoms with Crippen LogP contribution in [0.2, 0.25) is 0 Å². The summed E-state index contributed by atoms with van der Waals surface area (Å²) in [4.78, 5) is 6.20. The summed E-state index contributed by atoms with van der Waals surface area (Å²) in [6, 6.07) is 27.1. The Hall–Kier alpha value is -3.55. The lowest BCUT2D eigenvalue weighted by atomic mass is 10.0. The monoisotopic (exact) mass is 530 g/mol. The Balaban J connectivity index is 1.44. The number of nitrogens with one attached hydrogen (secondary N) is 1. The highest BCUT2D eigenvalue weighted by Crippen LogP contribution is 2.36. The molecule has 1 saturated heterocycles. The molecule has 1 fully saturated rings. The Labute approximate surface area is 225 Å². The van der Waals surface area contributed by atoms with Gasteiger partial charge in [-0.05, 0) is 73.8 Å². The van der Waals surface area contributed by atoms with E-state index in [-0.39, 0.29) is 10.6 Å². The van der Waals surface area contributed by atoms with Crippen LogP contribution in [0.5, 0.6) is 11.5 Å². The molecule has 7 heteroatoms. The number of methoxy groups -OCH3 is 1. The molecule has 3 aromatic carbocycles. The molecule has 1 aliphatic heterocycles. The van der Waals surface area contributed by atoms with Gasteiger partial charge in [-0.25, -0.2) is 0 Å². The molecule has 0 bridgehead atoms. The number of aryl methyl sites for hydroxylation is 1. The SMILES string of the molecule is COc1cc(C)c(S(=O)(=O)Oc2ccccc2)cc1-c1ccc(CN2CCCCC[C@@H]2c2ccccc2)[nH]1. The van der Waals surface area contributed by atoms with E-state index in [9.17, 15) is 8.42 Å². The minimum Gasteiger partial charge on any atom is -0.496 e. The molecule has 1 aliphatic rings. The molecule has 5 rings (SSSR count). The number of benzene rings is 3. The van der Waals surface area contributed by atoms with Gasteiger partial charge in [0, 0.05) is 29.5 Å². The third-order valence-corrected chi connectivity index (χ3v) is 8.56. The van der Waals surface area contributed by atoms with Crippen molar-refractivity contribution in [1.82, 2.24) is 9.88 Å².